The van der Waals surface area contributed by atoms with Crippen molar-refractivity contribution in [2.45, 2.75) is 38.9 Å². The van der Waals surface area contributed by atoms with Crippen LogP contribution in [0.3, 0.4) is 0 Å². The van der Waals surface area contributed by atoms with Crippen molar-refractivity contribution in [3.63, 3.8) is 0 Å². The number of rotatable bonds is 4. The van der Waals surface area contributed by atoms with E-state index in [9.17, 15) is 9.59 Å². The lowest BCUT2D eigenvalue weighted by Gasteiger charge is -2.21. The van der Waals surface area contributed by atoms with Crippen LogP contribution in [0.15, 0.2) is 0 Å². The predicted octanol–water partition coefficient (Wildman–Crippen LogP) is 1.66. The molecule has 1 aliphatic heterocycles. The molecule has 6 nitrogen and oxygen atoms in total. The van der Waals surface area contributed by atoms with Crippen LogP contribution in [0.1, 0.15) is 27.2 Å². The van der Waals surface area contributed by atoms with Crippen LogP contribution in [0.4, 0.5) is 4.79 Å². The van der Waals surface area contributed by atoms with Crippen molar-refractivity contribution >= 4 is 23.7 Å². The molecule has 0 aliphatic carbocycles. The number of halogens is 1. The van der Waals surface area contributed by atoms with Gasteiger partial charge in [0.25, 0.3) is 0 Å². The van der Waals surface area contributed by atoms with Gasteiger partial charge in [-0.15, -0.1) is 0 Å². The van der Waals surface area contributed by atoms with Gasteiger partial charge in [0.1, 0.15) is 5.60 Å². The average molecular weight is 294 g/mol. The first-order valence-electron chi connectivity index (χ1n) is 6.14. The monoisotopic (exact) mass is 293 g/mol. The molecule has 0 saturated carbocycles. The Bertz CT molecular complexity index is 329. The topological polar surface area (TPSA) is 73.9 Å². The first-order chi connectivity index (χ1) is 8.83. The fourth-order valence-electron chi connectivity index (χ4n) is 1.77. The van der Waals surface area contributed by atoms with Crippen LogP contribution in [0, 0.1) is 5.92 Å². The zero-order valence-electron chi connectivity index (χ0n) is 11.4. The van der Waals surface area contributed by atoms with Crippen LogP contribution in [-0.2, 0) is 19.0 Å². The van der Waals surface area contributed by atoms with Gasteiger partial charge in [-0.25, -0.2) is 9.59 Å². The van der Waals surface area contributed by atoms with Crippen LogP contribution in [-0.4, -0.2) is 43.0 Å². The highest BCUT2D eigenvalue weighted by Gasteiger charge is 2.35. The highest BCUT2D eigenvalue weighted by atomic mass is 35.5. The molecule has 0 radical (unpaired) electrons. The van der Waals surface area contributed by atoms with Gasteiger partial charge in [-0.05, 0) is 27.2 Å². The van der Waals surface area contributed by atoms with E-state index in [1.807, 2.05) is 0 Å². The molecule has 1 fully saturated rings. The molecule has 0 spiro atoms. The number of hydrogen-bond donors (Lipinski definition) is 1. The van der Waals surface area contributed by atoms with E-state index in [0.717, 1.165) is 0 Å². The maximum absolute atomic E-state index is 11.6. The minimum atomic E-state index is -0.673. The second-order valence-electron chi connectivity index (χ2n) is 5.30. The SMILES string of the molecule is CC(C)(C)OC(=O)NCC1CCOC1C(=O)OCCl. The number of hydrogen-bond acceptors (Lipinski definition) is 5. The molecule has 1 amide bonds. The third kappa shape index (κ3) is 5.65. The molecule has 1 heterocycles. The van der Waals surface area contributed by atoms with Crippen LogP contribution >= 0.6 is 11.6 Å². The maximum atomic E-state index is 11.6. The molecule has 1 N–H and O–H groups in total. The summed E-state index contributed by atoms with van der Waals surface area (Å²) in [5.74, 6) is -0.619. The molecular weight excluding hydrogens is 274 g/mol. The van der Waals surface area contributed by atoms with E-state index in [1.165, 1.54) is 0 Å². The van der Waals surface area contributed by atoms with E-state index in [-0.39, 0.29) is 12.0 Å². The van der Waals surface area contributed by atoms with Crippen molar-refractivity contribution in [3.05, 3.63) is 0 Å². The van der Waals surface area contributed by atoms with Crippen molar-refractivity contribution in [1.82, 2.24) is 5.32 Å². The van der Waals surface area contributed by atoms with E-state index in [0.29, 0.717) is 19.6 Å². The lowest BCUT2D eigenvalue weighted by molar-refractivity contribution is -0.154. The number of alkyl carbamates (subject to hydrolysis) is 1. The standard InChI is InChI=1S/C12H20ClNO5/c1-12(2,3)19-11(16)14-6-8-4-5-17-9(8)10(15)18-7-13/h8-9H,4-7H2,1-3H3,(H,14,16). The summed E-state index contributed by atoms with van der Waals surface area (Å²) in [6.45, 7) is 6.11. The number of nitrogens with one attached hydrogen (secondary N) is 1. The summed E-state index contributed by atoms with van der Waals surface area (Å²) in [5.41, 5.74) is -0.548. The molecule has 2 unspecified atom stereocenters. The summed E-state index contributed by atoms with van der Waals surface area (Å²) >= 11 is 5.33. The lowest BCUT2D eigenvalue weighted by Crippen LogP contribution is -2.39. The first-order valence-corrected chi connectivity index (χ1v) is 6.68. The Morgan fingerprint density at radius 3 is 2.68 bits per heavy atom. The molecule has 1 saturated heterocycles. The molecule has 110 valence electrons. The summed E-state index contributed by atoms with van der Waals surface area (Å²) in [7, 11) is 0. The number of ether oxygens (including phenoxy) is 3. The van der Waals surface area contributed by atoms with E-state index < -0.39 is 23.8 Å². The molecule has 19 heavy (non-hydrogen) atoms. The Morgan fingerprint density at radius 1 is 1.42 bits per heavy atom. The van der Waals surface area contributed by atoms with Crippen LogP contribution in [0.25, 0.3) is 0 Å². The van der Waals surface area contributed by atoms with Gasteiger partial charge in [-0.3, -0.25) is 0 Å². The van der Waals surface area contributed by atoms with Gasteiger partial charge in [0.15, 0.2) is 12.2 Å². The highest BCUT2D eigenvalue weighted by Crippen LogP contribution is 2.21. The van der Waals surface area contributed by atoms with Crippen molar-refractivity contribution < 1.29 is 23.8 Å². The van der Waals surface area contributed by atoms with Crippen molar-refractivity contribution in [3.8, 4) is 0 Å². The third-order valence-electron chi connectivity index (χ3n) is 2.55. The Labute approximate surface area is 117 Å². The second kappa shape index (κ2) is 6.96. The first kappa shape index (κ1) is 16.0. The fraction of sp³-hybridized carbons (Fsp3) is 0.833. The smallest absolute Gasteiger partial charge is 0.407 e. The van der Waals surface area contributed by atoms with Crippen LogP contribution in [0.2, 0.25) is 0 Å². The minimum absolute atomic E-state index is 0.122. The largest absolute Gasteiger partial charge is 0.447 e. The zero-order chi connectivity index (χ0) is 14.5. The average Bonchev–Trinajstić information content (AvgIpc) is 2.72. The van der Waals surface area contributed by atoms with Gasteiger partial charge in [-0.1, -0.05) is 11.6 Å². The summed E-state index contributed by atoms with van der Waals surface area (Å²) < 4.78 is 15.1. The van der Waals surface area contributed by atoms with E-state index in [2.05, 4.69) is 5.32 Å². The van der Waals surface area contributed by atoms with Crippen molar-refractivity contribution in [2.24, 2.45) is 5.92 Å². The third-order valence-corrected chi connectivity index (χ3v) is 2.66. The fourth-order valence-corrected chi connectivity index (χ4v) is 1.88. The molecular formula is C12H20ClNO5. The Hall–Kier alpha value is -1.01. The Kier molecular flexibility index (Phi) is 5.87. The minimum Gasteiger partial charge on any atom is -0.447 e. The molecule has 0 aromatic rings. The molecule has 0 aromatic heterocycles. The number of carbonyl (C=O) groups excluding carboxylic acids is 2. The lowest BCUT2D eigenvalue weighted by atomic mass is 10.0. The van der Waals surface area contributed by atoms with E-state index in [4.69, 9.17) is 25.8 Å². The zero-order valence-corrected chi connectivity index (χ0v) is 12.2. The van der Waals surface area contributed by atoms with Gasteiger partial charge < -0.3 is 19.5 Å². The second-order valence-corrected chi connectivity index (χ2v) is 5.51. The molecule has 0 bridgehead atoms. The Balaban J connectivity index is 2.39. The predicted molar refractivity (Wildman–Crippen MR) is 68.9 cm³/mol. The summed E-state index contributed by atoms with van der Waals surface area (Å²) in [5, 5.41) is 2.63. The van der Waals surface area contributed by atoms with Crippen molar-refractivity contribution in [2.75, 3.05) is 19.2 Å². The number of amides is 1. The summed E-state index contributed by atoms with van der Waals surface area (Å²) in [6, 6.07) is -0.203. The van der Waals surface area contributed by atoms with Gasteiger partial charge in [0, 0.05) is 19.1 Å². The molecule has 0 aromatic carbocycles. The maximum Gasteiger partial charge on any atom is 0.407 e. The Morgan fingerprint density at radius 2 is 2.11 bits per heavy atom. The normalized spacial score (nSPS) is 22.9. The molecule has 1 aliphatic rings. The molecule has 2 atom stereocenters. The summed E-state index contributed by atoms with van der Waals surface area (Å²) in [4.78, 5) is 23.1. The highest BCUT2D eigenvalue weighted by molar-refractivity contribution is 6.17. The number of carbonyl (C=O) groups is 2. The molecule has 1 rings (SSSR count). The van der Waals surface area contributed by atoms with Gasteiger partial charge in [0.2, 0.25) is 0 Å². The van der Waals surface area contributed by atoms with Crippen LogP contribution in [0.5, 0.6) is 0 Å². The van der Waals surface area contributed by atoms with E-state index >= 15 is 0 Å². The number of alkyl halides is 1. The van der Waals surface area contributed by atoms with E-state index in [1.54, 1.807) is 20.8 Å². The quantitative estimate of drug-likeness (QED) is 0.630. The van der Waals surface area contributed by atoms with Crippen LogP contribution < -0.4 is 5.32 Å². The van der Waals surface area contributed by atoms with Gasteiger partial charge >= 0.3 is 12.1 Å². The van der Waals surface area contributed by atoms with Crippen molar-refractivity contribution in [1.29, 1.82) is 0 Å². The van der Waals surface area contributed by atoms with Gasteiger partial charge in [-0.2, -0.15) is 0 Å². The molecule has 7 heteroatoms. The van der Waals surface area contributed by atoms with Gasteiger partial charge in [0.05, 0.1) is 0 Å². The number of esters is 1. The summed E-state index contributed by atoms with van der Waals surface area (Å²) in [6.07, 6.45) is -0.504.